The molecule has 2 bridgehead atoms. The molecule has 1 heterocycles. The summed E-state index contributed by atoms with van der Waals surface area (Å²) in [5.41, 5.74) is 4.63. The van der Waals surface area contributed by atoms with Gasteiger partial charge in [-0.3, -0.25) is 4.79 Å². The second kappa shape index (κ2) is 6.37. The molecule has 4 nitrogen and oxygen atoms in total. The molecule has 1 saturated carbocycles. The summed E-state index contributed by atoms with van der Waals surface area (Å²) < 4.78 is 6.19. The molecule has 2 aliphatic carbocycles. The molecule has 1 aromatic heterocycles. The van der Waals surface area contributed by atoms with Gasteiger partial charge in [-0.15, -0.1) is 0 Å². The minimum Gasteiger partial charge on any atom is -0.425 e. The third kappa shape index (κ3) is 2.43. The molecule has 4 heteroatoms. The lowest BCUT2D eigenvalue weighted by molar-refractivity contribution is -0.144. The van der Waals surface area contributed by atoms with Crippen molar-refractivity contribution in [2.45, 2.75) is 64.7 Å². The largest absolute Gasteiger partial charge is 0.425 e. The van der Waals surface area contributed by atoms with E-state index in [2.05, 4.69) is 39.8 Å². The monoisotopic (exact) mass is 400 g/mol. The van der Waals surface area contributed by atoms with Crippen LogP contribution in [0.15, 0.2) is 42.5 Å². The van der Waals surface area contributed by atoms with Crippen LogP contribution in [0.1, 0.15) is 74.9 Å². The molecule has 1 fully saturated rings. The predicted octanol–water partition coefficient (Wildman–Crippen LogP) is 5.82. The number of aryl methyl sites for hydroxylation is 1. The molecule has 0 radical (unpaired) electrons. The van der Waals surface area contributed by atoms with Crippen molar-refractivity contribution in [3.05, 3.63) is 65.0 Å². The van der Waals surface area contributed by atoms with Crippen LogP contribution in [0.2, 0.25) is 0 Å². The number of ether oxygens (including phenoxy) is 1. The average molecular weight is 401 g/mol. The van der Waals surface area contributed by atoms with Gasteiger partial charge in [0.25, 0.3) is 0 Å². The highest BCUT2D eigenvalue weighted by Crippen LogP contribution is 2.67. The Morgan fingerprint density at radius 3 is 2.50 bits per heavy atom. The molecule has 2 aromatic carbocycles. The van der Waals surface area contributed by atoms with Crippen LogP contribution in [0.25, 0.3) is 11.0 Å². The van der Waals surface area contributed by atoms with Crippen LogP contribution in [0.5, 0.6) is 5.75 Å². The summed E-state index contributed by atoms with van der Waals surface area (Å²) in [5, 5.41) is 0. The minimum absolute atomic E-state index is 0.189. The van der Waals surface area contributed by atoms with E-state index in [4.69, 9.17) is 14.7 Å². The van der Waals surface area contributed by atoms with Gasteiger partial charge in [-0.25, -0.2) is 9.97 Å². The maximum Gasteiger partial charge on any atom is 0.324 e. The van der Waals surface area contributed by atoms with Crippen molar-refractivity contribution in [2.75, 3.05) is 0 Å². The van der Waals surface area contributed by atoms with Gasteiger partial charge in [-0.1, -0.05) is 52.0 Å². The molecule has 5 rings (SSSR count). The quantitative estimate of drug-likeness (QED) is 0.410. The van der Waals surface area contributed by atoms with Gasteiger partial charge in [0.05, 0.1) is 22.4 Å². The summed E-state index contributed by atoms with van der Waals surface area (Å²) >= 11 is 0. The summed E-state index contributed by atoms with van der Waals surface area (Å²) in [6.07, 6.45) is 1.69. The Labute approximate surface area is 177 Å². The highest BCUT2D eigenvalue weighted by molar-refractivity contribution is 5.90. The number of rotatable bonds is 3. The summed E-state index contributed by atoms with van der Waals surface area (Å²) in [6.45, 7) is 10.6. The molecule has 2 unspecified atom stereocenters. The molecular weight excluding hydrogens is 372 g/mol. The van der Waals surface area contributed by atoms with Crippen molar-refractivity contribution in [2.24, 2.45) is 5.41 Å². The maximum atomic E-state index is 13.9. The van der Waals surface area contributed by atoms with Crippen molar-refractivity contribution < 1.29 is 9.53 Å². The first-order valence-corrected chi connectivity index (χ1v) is 10.9. The van der Waals surface area contributed by atoms with E-state index < -0.39 is 5.41 Å². The van der Waals surface area contributed by atoms with Crippen LogP contribution in [0, 0.1) is 12.3 Å². The molecule has 2 atom stereocenters. The standard InChI is InChI=1S/C26H28N2O2/c1-15(2)17-11-10-16(3)14-21(17)30-24(29)26-13-12-18(25(26,4)5)22-23(26)28-20-9-7-6-8-19(20)27-22/h6-11,14-15,18H,12-13H2,1-5H3. The molecule has 3 aromatic rings. The summed E-state index contributed by atoms with van der Waals surface area (Å²) in [5.74, 6) is 0.978. The van der Waals surface area contributed by atoms with Crippen LogP contribution in [0.4, 0.5) is 0 Å². The minimum atomic E-state index is -0.762. The SMILES string of the molecule is Cc1ccc(C(C)C)c(OC(=O)C23CCC(c4nc5ccccc5nc42)C3(C)C)c1. The number of hydrogen-bond acceptors (Lipinski definition) is 4. The molecule has 2 aliphatic rings. The number of esters is 1. The lowest BCUT2D eigenvalue weighted by atomic mass is 9.68. The van der Waals surface area contributed by atoms with Crippen LogP contribution in [-0.4, -0.2) is 15.9 Å². The molecule has 0 spiro atoms. The number of carbonyl (C=O) groups excluding carboxylic acids is 1. The Balaban J connectivity index is 1.65. The van der Waals surface area contributed by atoms with E-state index in [9.17, 15) is 4.79 Å². The van der Waals surface area contributed by atoms with Crippen molar-refractivity contribution in [1.29, 1.82) is 0 Å². The number of nitrogens with zero attached hydrogens (tertiary/aromatic N) is 2. The predicted molar refractivity (Wildman–Crippen MR) is 118 cm³/mol. The second-order valence-corrected chi connectivity index (χ2v) is 9.75. The van der Waals surface area contributed by atoms with E-state index in [0.29, 0.717) is 5.75 Å². The lowest BCUT2D eigenvalue weighted by Gasteiger charge is -2.35. The number of aromatic nitrogens is 2. The van der Waals surface area contributed by atoms with Crippen molar-refractivity contribution in [1.82, 2.24) is 9.97 Å². The second-order valence-electron chi connectivity index (χ2n) is 9.75. The van der Waals surface area contributed by atoms with E-state index in [0.717, 1.165) is 46.4 Å². The van der Waals surface area contributed by atoms with E-state index in [1.165, 1.54) is 0 Å². The highest BCUT2D eigenvalue weighted by atomic mass is 16.5. The Bertz CT molecular complexity index is 1180. The number of benzene rings is 2. The van der Waals surface area contributed by atoms with Gasteiger partial charge in [0, 0.05) is 5.92 Å². The molecule has 0 amide bonds. The first-order valence-electron chi connectivity index (χ1n) is 10.9. The van der Waals surface area contributed by atoms with Gasteiger partial charge in [-0.2, -0.15) is 0 Å². The third-order valence-corrected chi connectivity index (χ3v) is 7.45. The van der Waals surface area contributed by atoms with Gasteiger partial charge < -0.3 is 4.74 Å². The number of carbonyl (C=O) groups is 1. The van der Waals surface area contributed by atoms with Crippen LogP contribution in [-0.2, 0) is 10.2 Å². The Morgan fingerprint density at radius 2 is 1.80 bits per heavy atom. The number of hydrogen-bond donors (Lipinski definition) is 0. The zero-order chi connectivity index (χ0) is 21.3. The molecule has 0 saturated heterocycles. The molecule has 154 valence electrons. The first-order chi connectivity index (χ1) is 14.3. The number of fused-ring (bicyclic) bond motifs is 6. The van der Waals surface area contributed by atoms with E-state index >= 15 is 0 Å². The summed E-state index contributed by atoms with van der Waals surface area (Å²) in [7, 11) is 0. The van der Waals surface area contributed by atoms with E-state index in [1.54, 1.807) is 0 Å². The fraction of sp³-hybridized carbons (Fsp3) is 0.423. The van der Waals surface area contributed by atoms with Crippen molar-refractivity contribution in [3.8, 4) is 5.75 Å². The molecule has 0 N–H and O–H groups in total. The number of para-hydroxylation sites is 2. The Hall–Kier alpha value is -2.75. The topological polar surface area (TPSA) is 52.1 Å². The van der Waals surface area contributed by atoms with Gasteiger partial charge in [0.15, 0.2) is 0 Å². The van der Waals surface area contributed by atoms with Gasteiger partial charge >= 0.3 is 5.97 Å². The fourth-order valence-electron chi connectivity index (χ4n) is 5.67. The molecular formula is C26H28N2O2. The Kier molecular flexibility index (Phi) is 4.08. The zero-order valence-electron chi connectivity index (χ0n) is 18.3. The van der Waals surface area contributed by atoms with Gasteiger partial charge in [-0.05, 0) is 60.4 Å². The normalized spacial score (nSPS) is 23.7. The smallest absolute Gasteiger partial charge is 0.324 e. The third-order valence-electron chi connectivity index (χ3n) is 7.45. The van der Waals surface area contributed by atoms with E-state index in [1.807, 2.05) is 37.3 Å². The van der Waals surface area contributed by atoms with Crippen LogP contribution < -0.4 is 4.74 Å². The van der Waals surface area contributed by atoms with Crippen LogP contribution in [0.3, 0.4) is 0 Å². The summed E-state index contributed by atoms with van der Waals surface area (Å²) in [4.78, 5) is 23.8. The molecule has 30 heavy (non-hydrogen) atoms. The Morgan fingerprint density at radius 1 is 1.10 bits per heavy atom. The zero-order valence-corrected chi connectivity index (χ0v) is 18.3. The van der Waals surface area contributed by atoms with E-state index in [-0.39, 0.29) is 23.2 Å². The summed E-state index contributed by atoms with van der Waals surface area (Å²) in [6, 6.07) is 14.0. The van der Waals surface area contributed by atoms with Crippen molar-refractivity contribution in [3.63, 3.8) is 0 Å². The first kappa shape index (κ1) is 19.2. The van der Waals surface area contributed by atoms with Crippen molar-refractivity contribution >= 4 is 17.0 Å². The molecule has 0 aliphatic heterocycles. The fourth-order valence-corrected chi connectivity index (χ4v) is 5.67. The average Bonchev–Trinajstić information content (AvgIpc) is 3.07. The van der Waals surface area contributed by atoms with Gasteiger partial charge in [0.2, 0.25) is 0 Å². The maximum absolute atomic E-state index is 13.9. The van der Waals surface area contributed by atoms with Gasteiger partial charge in [0.1, 0.15) is 11.2 Å². The highest BCUT2D eigenvalue weighted by Gasteiger charge is 2.69. The lowest BCUT2D eigenvalue weighted by Crippen LogP contribution is -2.46. The van der Waals surface area contributed by atoms with Crippen LogP contribution >= 0.6 is 0 Å².